The Hall–Kier alpha value is -2.73. The van der Waals surface area contributed by atoms with Crippen molar-refractivity contribution in [3.05, 3.63) is 75.9 Å². The Morgan fingerprint density at radius 3 is 2.92 bits per heavy atom. The first-order valence-corrected chi connectivity index (χ1v) is 8.18. The van der Waals surface area contributed by atoms with Gasteiger partial charge in [0.25, 0.3) is 5.91 Å². The Morgan fingerprint density at radius 1 is 1.29 bits per heavy atom. The highest BCUT2D eigenvalue weighted by atomic mass is 32.1. The van der Waals surface area contributed by atoms with Crippen LogP contribution in [0.15, 0.2) is 54.0 Å². The average Bonchev–Trinajstić information content (AvgIpc) is 3.03. The largest absolute Gasteiger partial charge is 0.486 e. The molecule has 3 rings (SSSR count). The SMILES string of the molecule is Cc1ccnc(NC(=O)c2cc(COc3ccccc3F)cs2)c1. The molecular formula is C18H15FN2O2S. The van der Waals surface area contributed by atoms with Gasteiger partial charge in [0.05, 0.1) is 4.88 Å². The highest BCUT2D eigenvalue weighted by Gasteiger charge is 2.11. The molecule has 0 bridgehead atoms. The fourth-order valence-electron chi connectivity index (χ4n) is 2.08. The molecule has 1 amide bonds. The van der Waals surface area contributed by atoms with Gasteiger partial charge < -0.3 is 10.1 Å². The van der Waals surface area contributed by atoms with E-state index in [1.54, 1.807) is 36.5 Å². The van der Waals surface area contributed by atoms with Crippen molar-refractivity contribution >= 4 is 23.1 Å². The van der Waals surface area contributed by atoms with Gasteiger partial charge >= 0.3 is 0 Å². The predicted octanol–water partition coefficient (Wildman–Crippen LogP) is 4.42. The second-order valence-corrected chi connectivity index (χ2v) is 6.12. The number of carbonyl (C=O) groups excluding carboxylic acids is 1. The molecule has 4 nitrogen and oxygen atoms in total. The molecule has 0 atom stereocenters. The number of amides is 1. The second-order valence-electron chi connectivity index (χ2n) is 5.21. The quantitative estimate of drug-likeness (QED) is 0.747. The molecule has 0 fully saturated rings. The van der Waals surface area contributed by atoms with Crippen molar-refractivity contribution in [1.82, 2.24) is 4.98 Å². The van der Waals surface area contributed by atoms with Crippen molar-refractivity contribution in [2.75, 3.05) is 5.32 Å². The van der Waals surface area contributed by atoms with Gasteiger partial charge in [0, 0.05) is 11.8 Å². The molecular weight excluding hydrogens is 327 g/mol. The summed E-state index contributed by atoms with van der Waals surface area (Å²) in [6.45, 7) is 2.13. The van der Waals surface area contributed by atoms with Crippen LogP contribution >= 0.6 is 11.3 Å². The Labute approximate surface area is 142 Å². The number of aryl methyl sites for hydroxylation is 1. The van der Waals surface area contributed by atoms with Crippen LogP contribution in [0, 0.1) is 12.7 Å². The molecule has 0 saturated carbocycles. The van der Waals surface area contributed by atoms with Crippen molar-refractivity contribution in [1.29, 1.82) is 0 Å². The minimum Gasteiger partial charge on any atom is -0.486 e. The molecule has 0 unspecified atom stereocenters. The molecule has 3 aromatic rings. The summed E-state index contributed by atoms with van der Waals surface area (Å²) in [5.74, 6) is 0.0719. The minimum atomic E-state index is -0.406. The number of carbonyl (C=O) groups is 1. The molecule has 0 aliphatic heterocycles. The molecule has 0 radical (unpaired) electrons. The third kappa shape index (κ3) is 3.97. The lowest BCUT2D eigenvalue weighted by atomic mass is 10.3. The molecule has 2 heterocycles. The number of nitrogens with one attached hydrogen (secondary N) is 1. The van der Waals surface area contributed by atoms with E-state index in [9.17, 15) is 9.18 Å². The maximum Gasteiger partial charge on any atom is 0.266 e. The number of hydrogen-bond donors (Lipinski definition) is 1. The summed E-state index contributed by atoms with van der Waals surface area (Å²) in [7, 11) is 0. The van der Waals surface area contributed by atoms with Crippen molar-refractivity contribution in [3.8, 4) is 5.75 Å². The summed E-state index contributed by atoms with van der Waals surface area (Å²) in [6.07, 6.45) is 1.65. The molecule has 0 aliphatic rings. The Bertz CT molecular complexity index is 863. The van der Waals surface area contributed by atoms with Gasteiger partial charge in [0.2, 0.25) is 0 Å². The van der Waals surface area contributed by atoms with Crippen LogP contribution in [0.5, 0.6) is 5.75 Å². The van der Waals surface area contributed by atoms with Gasteiger partial charge in [-0.1, -0.05) is 12.1 Å². The van der Waals surface area contributed by atoms with E-state index in [0.29, 0.717) is 10.7 Å². The Morgan fingerprint density at radius 2 is 2.12 bits per heavy atom. The van der Waals surface area contributed by atoms with Crippen molar-refractivity contribution in [3.63, 3.8) is 0 Å². The number of rotatable bonds is 5. The number of benzene rings is 1. The molecule has 0 saturated heterocycles. The monoisotopic (exact) mass is 342 g/mol. The molecule has 6 heteroatoms. The summed E-state index contributed by atoms with van der Waals surface area (Å²) in [4.78, 5) is 16.9. The first-order chi connectivity index (χ1) is 11.6. The molecule has 0 aliphatic carbocycles. The number of para-hydroxylation sites is 1. The number of halogens is 1. The number of anilines is 1. The third-order valence-corrected chi connectivity index (χ3v) is 4.24. The summed E-state index contributed by atoms with van der Waals surface area (Å²) < 4.78 is 18.9. The van der Waals surface area contributed by atoms with E-state index >= 15 is 0 Å². The van der Waals surface area contributed by atoms with Crippen molar-refractivity contribution < 1.29 is 13.9 Å². The smallest absolute Gasteiger partial charge is 0.266 e. The van der Waals surface area contributed by atoms with Crippen LogP contribution < -0.4 is 10.1 Å². The van der Waals surface area contributed by atoms with Crippen LogP contribution in [0.1, 0.15) is 20.8 Å². The Kier molecular flexibility index (Phi) is 4.86. The van der Waals surface area contributed by atoms with Gasteiger partial charge in [-0.05, 0) is 48.2 Å². The number of nitrogens with zero attached hydrogens (tertiary/aromatic N) is 1. The fourth-order valence-corrected chi connectivity index (χ4v) is 2.87. The molecule has 2 aromatic heterocycles. The zero-order chi connectivity index (χ0) is 16.9. The Balaban J connectivity index is 1.62. The summed E-state index contributed by atoms with van der Waals surface area (Å²) in [5, 5.41) is 4.57. The third-order valence-electron chi connectivity index (χ3n) is 3.27. The van der Waals surface area contributed by atoms with E-state index in [1.807, 2.05) is 18.4 Å². The van der Waals surface area contributed by atoms with Crippen LogP contribution in [0.2, 0.25) is 0 Å². The van der Waals surface area contributed by atoms with Crippen molar-refractivity contribution in [2.24, 2.45) is 0 Å². The normalized spacial score (nSPS) is 10.4. The van der Waals surface area contributed by atoms with Gasteiger partial charge in [-0.3, -0.25) is 4.79 Å². The average molecular weight is 342 g/mol. The van der Waals surface area contributed by atoms with E-state index in [4.69, 9.17) is 4.74 Å². The topological polar surface area (TPSA) is 51.2 Å². The summed E-state index contributed by atoms with van der Waals surface area (Å²) >= 11 is 1.31. The lowest BCUT2D eigenvalue weighted by Gasteiger charge is -2.05. The lowest BCUT2D eigenvalue weighted by Crippen LogP contribution is -2.11. The van der Waals surface area contributed by atoms with E-state index in [0.717, 1.165) is 11.1 Å². The first kappa shape index (κ1) is 16.1. The van der Waals surface area contributed by atoms with Gasteiger partial charge in [-0.25, -0.2) is 9.37 Å². The lowest BCUT2D eigenvalue weighted by molar-refractivity contribution is 0.103. The highest BCUT2D eigenvalue weighted by molar-refractivity contribution is 7.12. The van der Waals surface area contributed by atoms with Crippen LogP contribution in [-0.2, 0) is 6.61 Å². The van der Waals surface area contributed by atoms with Gasteiger partial charge in [-0.15, -0.1) is 11.3 Å². The summed E-state index contributed by atoms with van der Waals surface area (Å²) in [5.41, 5.74) is 1.83. The molecule has 1 aromatic carbocycles. The van der Waals surface area contributed by atoms with Crippen LogP contribution in [0.3, 0.4) is 0 Å². The predicted molar refractivity (Wildman–Crippen MR) is 92.0 cm³/mol. The van der Waals surface area contributed by atoms with E-state index in [1.165, 1.54) is 17.4 Å². The fraction of sp³-hybridized carbons (Fsp3) is 0.111. The summed E-state index contributed by atoms with van der Waals surface area (Å²) in [6, 6.07) is 11.6. The van der Waals surface area contributed by atoms with Gasteiger partial charge in [-0.2, -0.15) is 0 Å². The number of aromatic nitrogens is 1. The number of pyridine rings is 1. The molecule has 122 valence electrons. The van der Waals surface area contributed by atoms with E-state index < -0.39 is 5.82 Å². The molecule has 1 N–H and O–H groups in total. The van der Waals surface area contributed by atoms with Crippen molar-refractivity contribution in [2.45, 2.75) is 13.5 Å². The van der Waals surface area contributed by atoms with E-state index in [2.05, 4.69) is 10.3 Å². The maximum absolute atomic E-state index is 13.5. The maximum atomic E-state index is 13.5. The van der Waals surface area contributed by atoms with Gasteiger partial charge in [0.1, 0.15) is 12.4 Å². The van der Waals surface area contributed by atoms with Gasteiger partial charge in [0.15, 0.2) is 11.6 Å². The van der Waals surface area contributed by atoms with Crippen LogP contribution in [0.25, 0.3) is 0 Å². The highest BCUT2D eigenvalue weighted by Crippen LogP contribution is 2.20. The molecule has 24 heavy (non-hydrogen) atoms. The minimum absolute atomic E-state index is 0.193. The van der Waals surface area contributed by atoms with Crippen LogP contribution in [0.4, 0.5) is 10.2 Å². The zero-order valence-corrected chi connectivity index (χ0v) is 13.8. The number of hydrogen-bond acceptors (Lipinski definition) is 4. The van der Waals surface area contributed by atoms with E-state index in [-0.39, 0.29) is 18.3 Å². The number of ether oxygens (including phenoxy) is 1. The second kappa shape index (κ2) is 7.23. The number of thiophene rings is 1. The standard InChI is InChI=1S/C18H15FN2O2S/c1-12-6-7-20-17(8-12)21-18(22)16-9-13(11-24-16)10-23-15-5-3-2-4-14(15)19/h2-9,11H,10H2,1H3,(H,20,21,22). The molecule has 0 spiro atoms. The van der Waals surface area contributed by atoms with Crippen LogP contribution in [-0.4, -0.2) is 10.9 Å². The zero-order valence-electron chi connectivity index (χ0n) is 13.0. The first-order valence-electron chi connectivity index (χ1n) is 7.30.